The lowest BCUT2D eigenvalue weighted by molar-refractivity contribution is -0.140. The van der Waals surface area contributed by atoms with E-state index in [0.717, 1.165) is 6.42 Å². The van der Waals surface area contributed by atoms with Crippen LogP contribution >= 0.6 is 0 Å². The van der Waals surface area contributed by atoms with Gasteiger partial charge < -0.3 is 5.11 Å². The number of carbonyl (C=O) groups is 1. The Morgan fingerprint density at radius 3 is 2.93 bits per heavy atom. The van der Waals surface area contributed by atoms with E-state index < -0.39 is 11.9 Å². The summed E-state index contributed by atoms with van der Waals surface area (Å²) in [5.41, 5.74) is 0. The molecule has 4 heteroatoms. The van der Waals surface area contributed by atoms with Crippen molar-refractivity contribution >= 4 is 12.2 Å². The van der Waals surface area contributed by atoms with Crippen LogP contribution in [0.25, 0.3) is 0 Å². The van der Waals surface area contributed by atoms with Crippen LogP contribution in [0.15, 0.2) is 29.4 Å². The maximum absolute atomic E-state index is 11.0. The van der Waals surface area contributed by atoms with E-state index in [0.29, 0.717) is 0 Å². The minimum absolute atomic E-state index is 0.0521. The van der Waals surface area contributed by atoms with Crippen molar-refractivity contribution in [1.29, 1.82) is 0 Å². The average molecular weight is 206 g/mol. The topological polar surface area (TPSA) is 52.9 Å². The third-order valence-electron chi connectivity index (χ3n) is 2.95. The number of aliphatic carboxylic acids is 1. The number of hydrazone groups is 1. The molecule has 0 aromatic heterocycles. The standard InChI is InChI=1S/C11H14N2O2/c1-13-10(8-5-3-2-4-6-8)9(7-12-13)11(14)15/h2-5,7-10H,6H2,1H3,(H,14,15). The summed E-state index contributed by atoms with van der Waals surface area (Å²) in [6.07, 6.45) is 10.5. The molecule has 1 aliphatic heterocycles. The molecule has 3 unspecified atom stereocenters. The van der Waals surface area contributed by atoms with E-state index in [2.05, 4.69) is 17.3 Å². The average Bonchev–Trinajstić information content (AvgIpc) is 2.61. The molecule has 0 saturated carbocycles. The molecule has 0 aromatic carbocycles. The first-order valence-electron chi connectivity index (χ1n) is 5.03. The van der Waals surface area contributed by atoms with E-state index >= 15 is 0 Å². The van der Waals surface area contributed by atoms with Gasteiger partial charge in [-0.05, 0) is 6.42 Å². The Balaban J connectivity index is 2.16. The van der Waals surface area contributed by atoms with Crippen molar-refractivity contribution in [2.45, 2.75) is 12.5 Å². The first-order chi connectivity index (χ1) is 7.20. The van der Waals surface area contributed by atoms with Gasteiger partial charge in [0, 0.05) is 19.2 Å². The van der Waals surface area contributed by atoms with Gasteiger partial charge in [-0.2, -0.15) is 5.10 Å². The summed E-state index contributed by atoms with van der Waals surface area (Å²) < 4.78 is 0. The van der Waals surface area contributed by atoms with E-state index in [1.54, 1.807) is 5.01 Å². The minimum Gasteiger partial charge on any atom is -0.481 e. The molecule has 0 aromatic rings. The van der Waals surface area contributed by atoms with Crippen molar-refractivity contribution in [1.82, 2.24) is 5.01 Å². The van der Waals surface area contributed by atoms with Crippen LogP contribution in [-0.2, 0) is 4.79 Å². The highest BCUT2D eigenvalue weighted by Gasteiger charge is 2.38. The minimum atomic E-state index is -0.795. The second kappa shape index (κ2) is 3.88. The predicted octanol–water partition coefficient (Wildman–Crippen LogP) is 1.12. The molecule has 2 rings (SSSR count). The Morgan fingerprint density at radius 1 is 1.53 bits per heavy atom. The van der Waals surface area contributed by atoms with Crippen LogP contribution in [0.3, 0.4) is 0 Å². The highest BCUT2D eigenvalue weighted by Crippen LogP contribution is 2.28. The molecule has 0 spiro atoms. The lowest BCUT2D eigenvalue weighted by atomic mass is 9.85. The molecule has 0 bridgehead atoms. The fraction of sp³-hybridized carbons (Fsp3) is 0.455. The van der Waals surface area contributed by atoms with Gasteiger partial charge in [0.25, 0.3) is 0 Å². The third-order valence-corrected chi connectivity index (χ3v) is 2.95. The molecule has 0 radical (unpaired) electrons. The van der Waals surface area contributed by atoms with Crippen molar-refractivity contribution < 1.29 is 9.90 Å². The second-order valence-electron chi connectivity index (χ2n) is 3.91. The molecule has 1 heterocycles. The highest BCUT2D eigenvalue weighted by atomic mass is 16.4. The van der Waals surface area contributed by atoms with Crippen LogP contribution in [0, 0.1) is 11.8 Å². The number of carboxylic acid groups (broad SMARTS) is 1. The smallest absolute Gasteiger partial charge is 0.314 e. The van der Waals surface area contributed by atoms with Gasteiger partial charge in [-0.25, -0.2) is 0 Å². The molecule has 2 aliphatic rings. The van der Waals surface area contributed by atoms with E-state index in [-0.39, 0.29) is 12.0 Å². The monoisotopic (exact) mass is 206 g/mol. The van der Waals surface area contributed by atoms with Gasteiger partial charge in [0.05, 0.1) is 6.04 Å². The number of hydrogen-bond donors (Lipinski definition) is 1. The van der Waals surface area contributed by atoms with Gasteiger partial charge in [0.15, 0.2) is 0 Å². The molecule has 0 amide bonds. The third kappa shape index (κ3) is 1.79. The van der Waals surface area contributed by atoms with Crippen molar-refractivity contribution in [2.75, 3.05) is 7.05 Å². The Bertz CT molecular complexity index is 346. The summed E-state index contributed by atoms with van der Waals surface area (Å²) in [6, 6.07) is -0.0521. The highest BCUT2D eigenvalue weighted by molar-refractivity contribution is 5.90. The summed E-state index contributed by atoms with van der Waals surface area (Å²) in [5.74, 6) is -1.05. The van der Waals surface area contributed by atoms with Crippen LogP contribution in [0.1, 0.15) is 6.42 Å². The first-order valence-corrected chi connectivity index (χ1v) is 5.03. The van der Waals surface area contributed by atoms with Crippen molar-refractivity contribution in [3.63, 3.8) is 0 Å². The number of rotatable bonds is 2. The Kier molecular flexibility index (Phi) is 2.58. The van der Waals surface area contributed by atoms with Gasteiger partial charge in [0.2, 0.25) is 0 Å². The quantitative estimate of drug-likeness (QED) is 0.736. The van der Waals surface area contributed by atoms with Gasteiger partial charge >= 0.3 is 5.97 Å². The van der Waals surface area contributed by atoms with E-state index in [9.17, 15) is 4.79 Å². The van der Waals surface area contributed by atoms with Crippen LogP contribution in [-0.4, -0.2) is 35.4 Å². The molecule has 0 fully saturated rings. The molecule has 1 N–H and O–H groups in total. The zero-order chi connectivity index (χ0) is 10.8. The van der Waals surface area contributed by atoms with Crippen molar-refractivity contribution in [3.8, 4) is 0 Å². The largest absolute Gasteiger partial charge is 0.481 e. The van der Waals surface area contributed by atoms with Crippen molar-refractivity contribution in [2.24, 2.45) is 16.9 Å². The molecule has 0 saturated heterocycles. The van der Waals surface area contributed by atoms with Gasteiger partial charge in [-0.1, -0.05) is 24.3 Å². The molecule has 4 nitrogen and oxygen atoms in total. The molecule has 3 atom stereocenters. The zero-order valence-electron chi connectivity index (χ0n) is 8.58. The van der Waals surface area contributed by atoms with Crippen LogP contribution in [0.2, 0.25) is 0 Å². The SMILES string of the molecule is CN1N=CC(C(=O)O)C1C1C=CC=CC1. The lowest BCUT2D eigenvalue weighted by Crippen LogP contribution is -2.39. The fourth-order valence-electron chi connectivity index (χ4n) is 2.18. The van der Waals surface area contributed by atoms with Gasteiger partial charge in [-0.3, -0.25) is 9.80 Å². The Labute approximate surface area is 88.6 Å². The van der Waals surface area contributed by atoms with Crippen molar-refractivity contribution in [3.05, 3.63) is 24.3 Å². The van der Waals surface area contributed by atoms with Crippen LogP contribution in [0.5, 0.6) is 0 Å². The maximum atomic E-state index is 11.0. The maximum Gasteiger partial charge on any atom is 0.314 e. The summed E-state index contributed by atoms with van der Waals surface area (Å²) in [4.78, 5) is 11.0. The number of nitrogens with zero attached hydrogens (tertiary/aromatic N) is 2. The second-order valence-corrected chi connectivity index (χ2v) is 3.91. The molecule has 80 valence electrons. The summed E-state index contributed by atoms with van der Waals surface area (Å²) in [6.45, 7) is 0. The zero-order valence-corrected chi connectivity index (χ0v) is 8.58. The number of carboxylic acids is 1. The van der Waals surface area contributed by atoms with Crippen LogP contribution in [0.4, 0.5) is 0 Å². The van der Waals surface area contributed by atoms with E-state index in [1.807, 2.05) is 19.2 Å². The molecular weight excluding hydrogens is 192 g/mol. The number of allylic oxidation sites excluding steroid dienone is 3. The fourth-order valence-corrected chi connectivity index (χ4v) is 2.18. The Hall–Kier alpha value is -1.58. The summed E-state index contributed by atoms with van der Waals surface area (Å²) in [7, 11) is 1.83. The summed E-state index contributed by atoms with van der Waals surface area (Å²) in [5, 5.41) is 14.9. The molecule has 15 heavy (non-hydrogen) atoms. The molecule has 1 aliphatic carbocycles. The first kappa shape index (κ1) is 9.96. The Morgan fingerprint density at radius 2 is 2.33 bits per heavy atom. The van der Waals surface area contributed by atoms with Gasteiger partial charge in [-0.15, -0.1) is 0 Å². The van der Waals surface area contributed by atoms with E-state index in [1.165, 1.54) is 6.21 Å². The normalized spacial score (nSPS) is 33.7. The lowest BCUT2D eigenvalue weighted by Gasteiger charge is -2.29. The van der Waals surface area contributed by atoms with Gasteiger partial charge in [0.1, 0.15) is 5.92 Å². The summed E-state index contributed by atoms with van der Waals surface area (Å²) >= 11 is 0. The predicted molar refractivity (Wildman–Crippen MR) is 57.6 cm³/mol. The number of hydrogen-bond acceptors (Lipinski definition) is 3. The van der Waals surface area contributed by atoms with E-state index in [4.69, 9.17) is 5.11 Å². The van der Waals surface area contributed by atoms with Crippen LogP contribution < -0.4 is 0 Å². The molecular formula is C11H14N2O2.